The summed E-state index contributed by atoms with van der Waals surface area (Å²) in [7, 11) is -2.92. The van der Waals surface area contributed by atoms with Crippen molar-refractivity contribution < 1.29 is 8.42 Å². The lowest BCUT2D eigenvalue weighted by Gasteiger charge is -2.11. The van der Waals surface area contributed by atoms with Crippen LogP contribution in [0.2, 0.25) is 0 Å². The third-order valence-corrected chi connectivity index (χ3v) is 4.73. The van der Waals surface area contributed by atoms with E-state index in [1.165, 1.54) is 11.8 Å². The van der Waals surface area contributed by atoms with E-state index in [4.69, 9.17) is 0 Å². The molecule has 0 saturated heterocycles. The van der Waals surface area contributed by atoms with E-state index in [9.17, 15) is 8.42 Å². The molecule has 0 unspecified atom stereocenters. The smallest absolute Gasteiger partial charge is 0.191 e. The van der Waals surface area contributed by atoms with Crippen molar-refractivity contribution >= 4 is 39.8 Å². The largest absolute Gasteiger partial charge is 0.357 e. The van der Waals surface area contributed by atoms with Crippen molar-refractivity contribution in [3.63, 3.8) is 0 Å². The number of hydrogen-bond donors (Lipinski definition) is 2. The Morgan fingerprint density at radius 3 is 2.56 bits per heavy atom. The minimum atomic E-state index is -2.92. The Morgan fingerprint density at radius 1 is 1.22 bits per heavy atom. The molecule has 0 amide bonds. The average Bonchev–Trinajstić information content (AvgIpc) is 3.13. The Bertz CT molecular complexity index is 790. The minimum absolute atomic E-state index is 0. The highest BCUT2D eigenvalue weighted by atomic mass is 127. The summed E-state index contributed by atoms with van der Waals surface area (Å²) >= 11 is 0. The van der Waals surface area contributed by atoms with Crippen LogP contribution in [0.3, 0.4) is 0 Å². The van der Waals surface area contributed by atoms with Crippen molar-refractivity contribution in [1.29, 1.82) is 0 Å². The molecule has 2 aromatic rings. The van der Waals surface area contributed by atoms with Crippen molar-refractivity contribution in [3.05, 3.63) is 48.3 Å². The molecule has 0 saturated carbocycles. The lowest BCUT2D eigenvalue weighted by atomic mass is 10.1. The predicted octanol–water partition coefficient (Wildman–Crippen LogP) is 2.02. The molecule has 0 fully saturated rings. The normalized spacial score (nSPS) is 11.7. The van der Waals surface area contributed by atoms with Gasteiger partial charge in [-0.05, 0) is 43.5 Å². The lowest BCUT2D eigenvalue weighted by Crippen LogP contribution is -2.38. The number of nitrogens with zero attached hydrogens (tertiary/aromatic N) is 3. The molecular weight excluding hydrogens is 477 g/mol. The van der Waals surface area contributed by atoms with E-state index >= 15 is 0 Å². The summed E-state index contributed by atoms with van der Waals surface area (Å²) in [5, 5.41) is 10.7. The van der Waals surface area contributed by atoms with Gasteiger partial charge in [-0.15, -0.1) is 24.0 Å². The first-order valence-electron chi connectivity index (χ1n) is 8.77. The summed E-state index contributed by atoms with van der Waals surface area (Å²) < 4.78 is 24.1. The number of rotatable bonds is 9. The van der Waals surface area contributed by atoms with Gasteiger partial charge >= 0.3 is 0 Å². The number of guanidine groups is 1. The van der Waals surface area contributed by atoms with E-state index in [1.54, 1.807) is 6.20 Å². The summed E-state index contributed by atoms with van der Waals surface area (Å²) in [5.41, 5.74) is 2.26. The van der Waals surface area contributed by atoms with E-state index in [1.807, 2.05) is 36.0 Å². The topological polar surface area (TPSA) is 88.4 Å². The fraction of sp³-hybridized carbons (Fsp3) is 0.444. The van der Waals surface area contributed by atoms with Crippen LogP contribution in [-0.4, -0.2) is 55.8 Å². The molecule has 150 valence electrons. The zero-order valence-electron chi connectivity index (χ0n) is 15.8. The maximum atomic E-state index is 11.1. The van der Waals surface area contributed by atoms with E-state index in [0.29, 0.717) is 18.9 Å². The summed E-state index contributed by atoms with van der Waals surface area (Å²) in [4.78, 5) is 4.41. The molecular formula is C18H28IN5O2S. The van der Waals surface area contributed by atoms with Crippen molar-refractivity contribution in [3.8, 4) is 5.69 Å². The Kier molecular flexibility index (Phi) is 10.4. The van der Waals surface area contributed by atoms with E-state index in [2.05, 4.69) is 32.9 Å². The van der Waals surface area contributed by atoms with Gasteiger partial charge in [-0.2, -0.15) is 5.10 Å². The first kappa shape index (κ1) is 23.4. The highest BCUT2D eigenvalue weighted by Gasteiger charge is 2.02. The number of hydrogen-bond acceptors (Lipinski definition) is 4. The summed E-state index contributed by atoms with van der Waals surface area (Å²) in [5.74, 6) is 0.882. The molecule has 0 aliphatic heterocycles. The molecule has 1 aromatic heterocycles. The Labute approximate surface area is 178 Å². The van der Waals surface area contributed by atoms with Gasteiger partial charge in [0.05, 0.1) is 11.4 Å². The second-order valence-corrected chi connectivity index (χ2v) is 8.30. The first-order chi connectivity index (χ1) is 12.5. The van der Waals surface area contributed by atoms with E-state index in [0.717, 1.165) is 25.2 Å². The van der Waals surface area contributed by atoms with Gasteiger partial charge in [0.1, 0.15) is 9.84 Å². The standard InChI is InChI=1S/C18H27N5O2S.HI/c1-3-19-18(20-11-5-15-26(2,24)25)21-13-10-16-6-8-17(9-7-16)23-14-4-12-22-23;/h4,6-9,12,14H,3,5,10-11,13,15H2,1-2H3,(H2,19,20,21);1H. The number of benzene rings is 1. The number of sulfone groups is 1. The lowest BCUT2D eigenvalue weighted by molar-refractivity contribution is 0.599. The number of halogens is 1. The fourth-order valence-electron chi connectivity index (χ4n) is 2.42. The van der Waals surface area contributed by atoms with E-state index in [-0.39, 0.29) is 29.7 Å². The molecule has 1 heterocycles. The first-order valence-corrected chi connectivity index (χ1v) is 10.8. The third kappa shape index (κ3) is 9.23. The van der Waals surface area contributed by atoms with Crippen LogP contribution in [0.15, 0.2) is 47.7 Å². The molecule has 0 aliphatic rings. The van der Waals surface area contributed by atoms with Crippen molar-refractivity contribution in [2.75, 3.05) is 31.6 Å². The molecule has 2 N–H and O–H groups in total. The Hall–Kier alpha value is -1.62. The third-order valence-electron chi connectivity index (χ3n) is 3.70. The van der Waals surface area contributed by atoms with Gasteiger partial charge in [0.2, 0.25) is 0 Å². The van der Waals surface area contributed by atoms with Gasteiger partial charge in [-0.3, -0.25) is 4.99 Å². The molecule has 2 rings (SSSR count). The van der Waals surface area contributed by atoms with Crippen LogP contribution >= 0.6 is 24.0 Å². The van der Waals surface area contributed by atoms with Crippen LogP contribution in [0.25, 0.3) is 5.69 Å². The minimum Gasteiger partial charge on any atom is -0.357 e. The number of aromatic nitrogens is 2. The van der Waals surface area contributed by atoms with Gasteiger partial charge in [0.15, 0.2) is 5.96 Å². The van der Waals surface area contributed by atoms with Crippen LogP contribution in [0.1, 0.15) is 18.9 Å². The van der Waals surface area contributed by atoms with Crippen molar-refractivity contribution in [2.45, 2.75) is 19.8 Å². The summed E-state index contributed by atoms with van der Waals surface area (Å²) in [6, 6.07) is 10.2. The van der Waals surface area contributed by atoms with Gasteiger partial charge in [-0.1, -0.05) is 12.1 Å². The average molecular weight is 505 g/mol. The molecule has 1 aromatic carbocycles. The second kappa shape index (κ2) is 12.0. The molecule has 0 bridgehead atoms. The monoisotopic (exact) mass is 505 g/mol. The fourth-order valence-corrected chi connectivity index (χ4v) is 3.07. The molecule has 27 heavy (non-hydrogen) atoms. The van der Waals surface area contributed by atoms with Crippen LogP contribution < -0.4 is 10.6 Å². The molecule has 0 atom stereocenters. The van der Waals surface area contributed by atoms with Gasteiger partial charge in [-0.25, -0.2) is 13.1 Å². The summed E-state index contributed by atoms with van der Waals surface area (Å²) in [6.45, 7) is 4.00. The molecule has 0 radical (unpaired) electrons. The van der Waals surface area contributed by atoms with Crippen LogP contribution in [0, 0.1) is 0 Å². The molecule has 0 spiro atoms. The maximum absolute atomic E-state index is 11.1. The number of aliphatic imine (C=N–C) groups is 1. The maximum Gasteiger partial charge on any atom is 0.191 e. The number of nitrogens with one attached hydrogen (secondary N) is 2. The molecule has 9 heteroatoms. The highest BCUT2D eigenvalue weighted by molar-refractivity contribution is 14.0. The zero-order chi connectivity index (χ0) is 18.8. The predicted molar refractivity (Wildman–Crippen MR) is 121 cm³/mol. The van der Waals surface area contributed by atoms with Crippen molar-refractivity contribution in [2.24, 2.45) is 4.99 Å². The quantitative estimate of drug-likeness (QED) is 0.236. The van der Waals surface area contributed by atoms with Gasteiger partial charge < -0.3 is 10.6 Å². The van der Waals surface area contributed by atoms with Gasteiger partial charge in [0, 0.05) is 38.3 Å². The zero-order valence-corrected chi connectivity index (χ0v) is 18.9. The van der Waals surface area contributed by atoms with Crippen LogP contribution in [-0.2, 0) is 16.3 Å². The van der Waals surface area contributed by atoms with Crippen molar-refractivity contribution in [1.82, 2.24) is 20.4 Å². The van der Waals surface area contributed by atoms with Crippen LogP contribution in [0.5, 0.6) is 0 Å². The Balaban J connectivity index is 0.00000364. The molecule has 7 nitrogen and oxygen atoms in total. The summed E-state index contributed by atoms with van der Waals surface area (Å²) in [6.07, 6.45) is 6.32. The highest BCUT2D eigenvalue weighted by Crippen LogP contribution is 2.08. The van der Waals surface area contributed by atoms with E-state index < -0.39 is 9.84 Å². The van der Waals surface area contributed by atoms with Crippen LogP contribution in [0.4, 0.5) is 0 Å². The Morgan fingerprint density at radius 2 is 1.96 bits per heavy atom. The molecule has 0 aliphatic carbocycles. The second-order valence-electron chi connectivity index (χ2n) is 6.04. The van der Waals surface area contributed by atoms with Gasteiger partial charge in [0.25, 0.3) is 0 Å². The SMILES string of the molecule is CCNC(=NCCCS(C)(=O)=O)NCCc1ccc(-n2cccn2)cc1.I.